The highest BCUT2D eigenvalue weighted by Gasteiger charge is 2.12. The van der Waals surface area contributed by atoms with Crippen molar-refractivity contribution in [1.82, 2.24) is 5.10 Å². The van der Waals surface area contributed by atoms with Gasteiger partial charge in [-0.25, -0.2) is 0 Å². The Balaban J connectivity index is 2.95. The molecule has 0 spiro atoms. The second-order valence-electron chi connectivity index (χ2n) is 3.40. The summed E-state index contributed by atoms with van der Waals surface area (Å²) in [6, 6.07) is 5.64. The number of anilines is 2. The van der Waals surface area contributed by atoms with Crippen molar-refractivity contribution in [2.45, 2.75) is 6.92 Å². The predicted octanol–water partition coefficient (Wildman–Crippen LogP) is 0.532. The molecule has 0 saturated heterocycles. The van der Waals surface area contributed by atoms with Gasteiger partial charge in [-0.1, -0.05) is 4.68 Å². The average Bonchev–Trinajstić information content (AvgIpc) is 2.14. The van der Waals surface area contributed by atoms with Gasteiger partial charge >= 0.3 is 0 Å². The number of fused-ring (bicyclic) bond motifs is 1. The average molecular weight is 189 g/mol. The molecular weight excluding hydrogens is 176 g/mol. The standard InChI is InChI=1S/C10H12N4/c1-6-10(12)8-5-7(11)3-4-9(8)14(2)13-6/h3-5,12H,11H2,1-2H3/p+1. The van der Waals surface area contributed by atoms with E-state index >= 15 is 0 Å². The Morgan fingerprint density at radius 2 is 2.00 bits per heavy atom. The maximum atomic E-state index is 5.92. The smallest absolute Gasteiger partial charge is 0.241 e. The molecule has 72 valence electrons. The van der Waals surface area contributed by atoms with Crippen LogP contribution in [0, 0.1) is 6.92 Å². The first-order valence-electron chi connectivity index (χ1n) is 4.41. The molecule has 1 aromatic carbocycles. The van der Waals surface area contributed by atoms with Gasteiger partial charge in [0.05, 0.1) is 11.1 Å². The van der Waals surface area contributed by atoms with Crippen LogP contribution in [0.25, 0.3) is 10.9 Å². The molecule has 4 N–H and O–H groups in total. The lowest BCUT2D eigenvalue weighted by Gasteiger charge is -2.02. The minimum atomic E-state index is 0.699. The Bertz CT molecular complexity index is 505. The van der Waals surface area contributed by atoms with Gasteiger partial charge < -0.3 is 11.5 Å². The number of hydrogen-bond donors (Lipinski definition) is 2. The van der Waals surface area contributed by atoms with Gasteiger partial charge in [0.2, 0.25) is 5.52 Å². The number of nitrogen functional groups attached to an aromatic ring is 2. The van der Waals surface area contributed by atoms with Gasteiger partial charge in [-0.3, -0.25) is 0 Å². The third kappa shape index (κ3) is 1.16. The van der Waals surface area contributed by atoms with Gasteiger partial charge in [0.15, 0.2) is 7.05 Å². The lowest BCUT2D eigenvalue weighted by molar-refractivity contribution is -0.706. The molecule has 0 saturated carbocycles. The van der Waals surface area contributed by atoms with Crippen LogP contribution in [-0.2, 0) is 7.05 Å². The minimum absolute atomic E-state index is 0.699. The molecule has 0 aliphatic carbocycles. The van der Waals surface area contributed by atoms with Gasteiger partial charge in [-0.05, 0) is 24.2 Å². The normalized spacial score (nSPS) is 10.7. The van der Waals surface area contributed by atoms with E-state index in [0.717, 1.165) is 22.3 Å². The molecule has 0 fully saturated rings. The highest BCUT2D eigenvalue weighted by Crippen LogP contribution is 2.21. The molecule has 2 aromatic rings. The van der Waals surface area contributed by atoms with Crippen LogP contribution >= 0.6 is 0 Å². The molecule has 0 bridgehead atoms. The number of nitrogens with zero attached hydrogens (tertiary/aromatic N) is 2. The Morgan fingerprint density at radius 3 is 2.71 bits per heavy atom. The first-order valence-corrected chi connectivity index (χ1v) is 4.41. The minimum Gasteiger partial charge on any atom is -0.399 e. The van der Waals surface area contributed by atoms with E-state index in [1.54, 1.807) is 4.68 Å². The molecule has 0 radical (unpaired) electrons. The number of aryl methyl sites for hydroxylation is 2. The molecule has 0 aliphatic rings. The molecule has 0 atom stereocenters. The van der Waals surface area contributed by atoms with E-state index in [-0.39, 0.29) is 0 Å². The van der Waals surface area contributed by atoms with Crippen LogP contribution in [0.5, 0.6) is 0 Å². The zero-order valence-electron chi connectivity index (χ0n) is 8.28. The third-order valence-corrected chi connectivity index (χ3v) is 2.35. The zero-order chi connectivity index (χ0) is 10.3. The van der Waals surface area contributed by atoms with Crippen molar-refractivity contribution in [3.05, 3.63) is 23.9 Å². The van der Waals surface area contributed by atoms with Crippen molar-refractivity contribution in [3.8, 4) is 0 Å². The Hall–Kier alpha value is -1.84. The highest BCUT2D eigenvalue weighted by molar-refractivity contribution is 5.90. The second-order valence-corrected chi connectivity index (χ2v) is 3.40. The van der Waals surface area contributed by atoms with E-state index in [1.165, 1.54) is 0 Å². The lowest BCUT2D eigenvalue weighted by atomic mass is 10.1. The van der Waals surface area contributed by atoms with Crippen molar-refractivity contribution in [1.29, 1.82) is 0 Å². The van der Waals surface area contributed by atoms with Crippen molar-refractivity contribution < 1.29 is 4.68 Å². The highest BCUT2D eigenvalue weighted by atomic mass is 15.2. The molecule has 1 aromatic heterocycles. The molecule has 2 rings (SSSR count). The largest absolute Gasteiger partial charge is 0.399 e. The summed E-state index contributed by atoms with van der Waals surface area (Å²) in [7, 11) is 1.89. The Kier molecular flexibility index (Phi) is 1.77. The summed E-state index contributed by atoms with van der Waals surface area (Å²) in [5, 5.41) is 5.24. The van der Waals surface area contributed by atoms with Gasteiger partial charge in [0, 0.05) is 11.8 Å². The van der Waals surface area contributed by atoms with Crippen LogP contribution in [0.1, 0.15) is 5.69 Å². The van der Waals surface area contributed by atoms with E-state index in [4.69, 9.17) is 11.5 Å². The van der Waals surface area contributed by atoms with Gasteiger partial charge in [-0.15, -0.1) is 0 Å². The fourth-order valence-corrected chi connectivity index (χ4v) is 1.58. The first kappa shape index (κ1) is 8.74. The van der Waals surface area contributed by atoms with Gasteiger partial charge in [0.25, 0.3) is 0 Å². The molecular formula is C10H13N4+. The Labute approximate surface area is 82.1 Å². The van der Waals surface area contributed by atoms with Crippen LogP contribution in [0.4, 0.5) is 11.4 Å². The van der Waals surface area contributed by atoms with Crippen LogP contribution in [0.3, 0.4) is 0 Å². The summed E-state index contributed by atoms with van der Waals surface area (Å²) >= 11 is 0. The van der Waals surface area contributed by atoms with Crippen LogP contribution in [-0.4, -0.2) is 5.10 Å². The summed E-state index contributed by atoms with van der Waals surface area (Å²) in [6.45, 7) is 1.89. The summed E-state index contributed by atoms with van der Waals surface area (Å²) in [4.78, 5) is 0. The van der Waals surface area contributed by atoms with Crippen molar-refractivity contribution in [2.24, 2.45) is 7.05 Å². The lowest BCUT2D eigenvalue weighted by Crippen LogP contribution is -2.35. The Morgan fingerprint density at radius 1 is 1.29 bits per heavy atom. The van der Waals surface area contributed by atoms with Crippen molar-refractivity contribution >= 4 is 22.3 Å². The summed E-state index contributed by atoms with van der Waals surface area (Å²) in [5.41, 5.74) is 14.9. The molecule has 0 amide bonds. The quantitative estimate of drug-likeness (QED) is 0.469. The van der Waals surface area contributed by atoms with Crippen LogP contribution in [0.2, 0.25) is 0 Å². The third-order valence-electron chi connectivity index (χ3n) is 2.35. The first-order chi connectivity index (χ1) is 6.59. The van der Waals surface area contributed by atoms with Crippen molar-refractivity contribution in [3.63, 3.8) is 0 Å². The summed E-state index contributed by atoms with van der Waals surface area (Å²) in [5.74, 6) is 0. The van der Waals surface area contributed by atoms with Crippen LogP contribution < -0.4 is 16.1 Å². The molecule has 0 unspecified atom stereocenters. The summed E-state index contributed by atoms with van der Waals surface area (Å²) in [6.07, 6.45) is 0. The molecule has 4 heteroatoms. The molecule has 0 aliphatic heterocycles. The number of aromatic nitrogens is 2. The molecule has 4 nitrogen and oxygen atoms in total. The number of nitrogens with two attached hydrogens (primary N) is 2. The van der Waals surface area contributed by atoms with E-state index in [1.807, 2.05) is 32.2 Å². The SMILES string of the molecule is Cc1n[n+](C)c2ccc(N)cc2c1N. The summed E-state index contributed by atoms with van der Waals surface area (Å²) < 4.78 is 1.81. The zero-order valence-corrected chi connectivity index (χ0v) is 8.28. The topological polar surface area (TPSA) is 68.8 Å². The monoisotopic (exact) mass is 189 g/mol. The van der Waals surface area contributed by atoms with Gasteiger partial charge in [0.1, 0.15) is 5.69 Å². The van der Waals surface area contributed by atoms with Gasteiger partial charge in [-0.2, -0.15) is 0 Å². The molecule has 14 heavy (non-hydrogen) atoms. The maximum Gasteiger partial charge on any atom is 0.241 e. The fraction of sp³-hybridized carbons (Fsp3) is 0.200. The van der Waals surface area contributed by atoms with E-state index in [2.05, 4.69) is 5.10 Å². The van der Waals surface area contributed by atoms with E-state index in [9.17, 15) is 0 Å². The number of hydrogen-bond acceptors (Lipinski definition) is 3. The second kappa shape index (κ2) is 2.83. The van der Waals surface area contributed by atoms with Crippen LogP contribution in [0.15, 0.2) is 18.2 Å². The van der Waals surface area contributed by atoms with Crippen molar-refractivity contribution in [2.75, 3.05) is 11.5 Å². The van der Waals surface area contributed by atoms with E-state index in [0.29, 0.717) is 5.69 Å². The number of rotatable bonds is 0. The van der Waals surface area contributed by atoms with E-state index < -0.39 is 0 Å². The predicted molar refractivity (Wildman–Crippen MR) is 56.5 cm³/mol. The number of benzene rings is 1. The fourth-order valence-electron chi connectivity index (χ4n) is 1.58. The molecule has 1 heterocycles. The maximum absolute atomic E-state index is 5.92.